The second-order valence-electron chi connectivity index (χ2n) is 13.3. The Labute approximate surface area is 302 Å². The van der Waals surface area contributed by atoms with Crippen LogP contribution in [-0.2, 0) is 0 Å². The molecular formula is C50H33NO. The molecule has 2 nitrogen and oxygen atoms in total. The molecule has 0 atom stereocenters. The first-order valence-electron chi connectivity index (χ1n) is 17.8. The largest absolute Gasteiger partial charge is 0.454 e. The maximum absolute atomic E-state index is 6.60. The number of nitrogens with zero attached hydrogens (tertiary/aromatic N) is 1. The van der Waals surface area contributed by atoms with Crippen LogP contribution >= 0.6 is 0 Å². The predicted octanol–water partition coefficient (Wildman–Crippen LogP) is 14.4. The smallest absolute Gasteiger partial charge is 0.159 e. The average Bonchev–Trinajstić information content (AvgIpc) is 3.61. The molecular weight excluding hydrogens is 631 g/mol. The van der Waals surface area contributed by atoms with E-state index in [1.54, 1.807) is 0 Å². The summed E-state index contributed by atoms with van der Waals surface area (Å²) in [4.78, 5) is 2.32. The van der Waals surface area contributed by atoms with Crippen molar-refractivity contribution in [3.05, 3.63) is 200 Å². The van der Waals surface area contributed by atoms with E-state index in [0.717, 1.165) is 39.0 Å². The predicted molar refractivity (Wildman–Crippen MR) is 220 cm³/mol. The maximum atomic E-state index is 6.60. The first-order chi connectivity index (χ1) is 25.8. The molecule has 0 amide bonds. The number of benzene rings is 9. The highest BCUT2D eigenvalue weighted by Crippen LogP contribution is 2.44. The Morgan fingerprint density at radius 1 is 0.308 bits per heavy atom. The second-order valence-corrected chi connectivity index (χ2v) is 13.3. The topological polar surface area (TPSA) is 16.4 Å². The quantitative estimate of drug-likeness (QED) is 0.176. The summed E-state index contributed by atoms with van der Waals surface area (Å²) in [6, 6.07) is 71.6. The summed E-state index contributed by atoms with van der Waals surface area (Å²) in [6.07, 6.45) is 0. The van der Waals surface area contributed by atoms with Crippen molar-refractivity contribution in [2.75, 3.05) is 4.90 Å². The van der Waals surface area contributed by atoms with Gasteiger partial charge in [0, 0.05) is 22.1 Å². The first-order valence-corrected chi connectivity index (χ1v) is 17.8. The van der Waals surface area contributed by atoms with Crippen LogP contribution in [-0.4, -0.2) is 0 Å². The normalized spacial score (nSPS) is 11.5. The van der Waals surface area contributed by atoms with Gasteiger partial charge in [0.25, 0.3) is 0 Å². The van der Waals surface area contributed by atoms with Gasteiger partial charge >= 0.3 is 0 Å². The number of anilines is 3. The van der Waals surface area contributed by atoms with Crippen molar-refractivity contribution in [3.8, 4) is 33.4 Å². The van der Waals surface area contributed by atoms with Crippen LogP contribution in [0.25, 0.3) is 76.9 Å². The Hall–Kier alpha value is -6.90. The van der Waals surface area contributed by atoms with E-state index in [4.69, 9.17) is 4.42 Å². The van der Waals surface area contributed by atoms with Crippen LogP contribution in [0.3, 0.4) is 0 Å². The summed E-state index contributed by atoms with van der Waals surface area (Å²) in [6.45, 7) is 0. The Balaban J connectivity index is 1.10. The fourth-order valence-electron chi connectivity index (χ4n) is 7.82. The van der Waals surface area contributed by atoms with Crippen LogP contribution in [0.4, 0.5) is 17.1 Å². The molecule has 10 rings (SSSR count). The minimum atomic E-state index is 0.869. The molecule has 0 saturated carbocycles. The zero-order valence-corrected chi connectivity index (χ0v) is 28.4. The number of fused-ring (bicyclic) bond motifs is 5. The fourth-order valence-corrected chi connectivity index (χ4v) is 7.82. The number of rotatable bonds is 6. The van der Waals surface area contributed by atoms with Crippen molar-refractivity contribution in [1.82, 2.24) is 0 Å². The number of para-hydroxylation sites is 2. The molecule has 0 aliphatic rings. The van der Waals surface area contributed by atoms with Gasteiger partial charge in [-0.3, -0.25) is 0 Å². The van der Waals surface area contributed by atoms with Gasteiger partial charge in [-0.05, 0) is 91.3 Å². The van der Waals surface area contributed by atoms with Crippen molar-refractivity contribution >= 4 is 60.5 Å². The molecule has 2 heteroatoms. The highest BCUT2D eigenvalue weighted by atomic mass is 16.3. The van der Waals surface area contributed by atoms with E-state index in [1.165, 1.54) is 54.9 Å². The lowest BCUT2D eigenvalue weighted by molar-refractivity contribution is 0.669. The molecule has 244 valence electrons. The van der Waals surface area contributed by atoms with Crippen LogP contribution in [0.15, 0.2) is 205 Å². The van der Waals surface area contributed by atoms with Crippen molar-refractivity contribution in [2.24, 2.45) is 0 Å². The monoisotopic (exact) mass is 663 g/mol. The molecule has 9 aromatic carbocycles. The van der Waals surface area contributed by atoms with Crippen molar-refractivity contribution < 1.29 is 4.42 Å². The lowest BCUT2D eigenvalue weighted by atomic mass is 9.93. The standard InChI is InChI=1S/C50H33NO/c1-2-12-34(13-3-1)42-19-9-22-45-43(20-10-21-44(42)45)37-28-32-39(33-29-37)51(48-24-11-23-47-46-17-6-7-25-49(46)52-50(47)48)38-30-26-36(27-31-38)41-18-8-15-35-14-4-5-16-40(35)41/h1-33H. The summed E-state index contributed by atoms with van der Waals surface area (Å²) in [7, 11) is 0. The summed E-state index contributed by atoms with van der Waals surface area (Å²) < 4.78 is 6.60. The van der Waals surface area contributed by atoms with Crippen molar-refractivity contribution in [3.63, 3.8) is 0 Å². The first kappa shape index (κ1) is 30.0. The van der Waals surface area contributed by atoms with E-state index < -0.39 is 0 Å². The van der Waals surface area contributed by atoms with Gasteiger partial charge in [-0.15, -0.1) is 0 Å². The second kappa shape index (κ2) is 12.5. The van der Waals surface area contributed by atoms with Gasteiger partial charge in [0.05, 0.1) is 5.69 Å². The fraction of sp³-hybridized carbons (Fsp3) is 0. The lowest BCUT2D eigenvalue weighted by Crippen LogP contribution is -2.10. The molecule has 10 aromatic rings. The highest BCUT2D eigenvalue weighted by molar-refractivity contribution is 6.10. The van der Waals surface area contributed by atoms with Gasteiger partial charge < -0.3 is 9.32 Å². The van der Waals surface area contributed by atoms with Crippen LogP contribution in [0.1, 0.15) is 0 Å². The number of hydrogen-bond acceptors (Lipinski definition) is 2. The van der Waals surface area contributed by atoms with Gasteiger partial charge in [-0.2, -0.15) is 0 Å². The maximum Gasteiger partial charge on any atom is 0.159 e. The van der Waals surface area contributed by atoms with E-state index >= 15 is 0 Å². The van der Waals surface area contributed by atoms with E-state index in [1.807, 2.05) is 12.1 Å². The van der Waals surface area contributed by atoms with E-state index in [0.29, 0.717) is 0 Å². The van der Waals surface area contributed by atoms with Crippen LogP contribution in [0, 0.1) is 0 Å². The lowest BCUT2D eigenvalue weighted by Gasteiger charge is -2.26. The Bertz CT molecular complexity index is 2880. The SMILES string of the molecule is c1ccc(-c2cccc3c(-c4ccc(N(c5ccc(-c6cccc7ccccc67)cc5)c5cccc6c5oc5ccccc56)cc4)cccc23)cc1. The van der Waals surface area contributed by atoms with E-state index in [9.17, 15) is 0 Å². The molecule has 0 fully saturated rings. The van der Waals surface area contributed by atoms with Crippen LogP contribution in [0.2, 0.25) is 0 Å². The van der Waals surface area contributed by atoms with Gasteiger partial charge in [0.2, 0.25) is 0 Å². The van der Waals surface area contributed by atoms with Gasteiger partial charge in [-0.25, -0.2) is 0 Å². The minimum Gasteiger partial charge on any atom is -0.454 e. The average molecular weight is 664 g/mol. The van der Waals surface area contributed by atoms with E-state index in [2.05, 4.69) is 193 Å². The third kappa shape index (κ3) is 5.04. The summed E-state index contributed by atoms with van der Waals surface area (Å²) in [5, 5.41) is 7.20. The summed E-state index contributed by atoms with van der Waals surface area (Å²) in [5.41, 5.74) is 12.1. The molecule has 52 heavy (non-hydrogen) atoms. The third-order valence-corrected chi connectivity index (χ3v) is 10.3. The number of hydrogen-bond donors (Lipinski definition) is 0. The molecule has 0 N–H and O–H groups in total. The number of furan rings is 1. The molecule has 0 aliphatic heterocycles. The molecule has 0 radical (unpaired) electrons. The molecule has 1 aromatic heterocycles. The molecule has 0 bridgehead atoms. The molecule has 1 heterocycles. The van der Waals surface area contributed by atoms with E-state index in [-0.39, 0.29) is 0 Å². The van der Waals surface area contributed by atoms with Gasteiger partial charge in [-0.1, -0.05) is 164 Å². The highest BCUT2D eigenvalue weighted by Gasteiger charge is 2.20. The summed E-state index contributed by atoms with van der Waals surface area (Å²) >= 11 is 0. The molecule has 0 saturated heterocycles. The minimum absolute atomic E-state index is 0.869. The summed E-state index contributed by atoms with van der Waals surface area (Å²) in [5.74, 6) is 0. The Kier molecular flexibility index (Phi) is 7.18. The molecule has 0 spiro atoms. The Morgan fingerprint density at radius 3 is 1.44 bits per heavy atom. The van der Waals surface area contributed by atoms with Crippen molar-refractivity contribution in [2.45, 2.75) is 0 Å². The van der Waals surface area contributed by atoms with Gasteiger partial charge in [0.15, 0.2) is 5.58 Å². The van der Waals surface area contributed by atoms with Gasteiger partial charge in [0.1, 0.15) is 5.58 Å². The molecule has 0 aliphatic carbocycles. The van der Waals surface area contributed by atoms with Crippen LogP contribution in [0.5, 0.6) is 0 Å². The molecule has 0 unspecified atom stereocenters. The van der Waals surface area contributed by atoms with Crippen LogP contribution < -0.4 is 4.90 Å². The van der Waals surface area contributed by atoms with Crippen molar-refractivity contribution in [1.29, 1.82) is 0 Å². The third-order valence-electron chi connectivity index (χ3n) is 10.3. The zero-order chi connectivity index (χ0) is 34.4. The zero-order valence-electron chi connectivity index (χ0n) is 28.4. The Morgan fingerprint density at radius 2 is 0.769 bits per heavy atom.